The van der Waals surface area contributed by atoms with Crippen molar-refractivity contribution in [2.75, 3.05) is 11.9 Å². The average Bonchev–Trinajstić information content (AvgIpc) is 2.54. The molecular weight excluding hydrogens is 326 g/mol. The second-order valence-corrected chi connectivity index (χ2v) is 4.64. The molecule has 0 bridgehead atoms. The number of nitrogens with one attached hydrogen (secondary N) is 1. The molecule has 0 aliphatic heterocycles. The third-order valence-electron chi connectivity index (χ3n) is 2.86. The Morgan fingerprint density at radius 1 is 1.25 bits per heavy atom. The molecule has 0 aliphatic carbocycles. The number of benzene rings is 1. The summed E-state index contributed by atoms with van der Waals surface area (Å²) in [6.07, 6.45) is -2.18. The summed E-state index contributed by atoms with van der Waals surface area (Å²) in [5.41, 5.74) is -0.172. The largest absolute Gasteiger partial charge is 0.433 e. The quantitative estimate of drug-likeness (QED) is 0.379. The summed E-state index contributed by atoms with van der Waals surface area (Å²) < 4.78 is 50.8. The van der Waals surface area contributed by atoms with Gasteiger partial charge in [-0.25, -0.2) is 4.39 Å². The molecule has 0 fully saturated rings. The molecule has 126 valence electrons. The van der Waals surface area contributed by atoms with Gasteiger partial charge in [-0.1, -0.05) is 6.07 Å². The number of rotatable bonds is 5. The van der Waals surface area contributed by atoms with Gasteiger partial charge in [0.25, 0.3) is 0 Å². The molecule has 0 amide bonds. The van der Waals surface area contributed by atoms with E-state index in [4.69, 9.17) is 5.84 Å². The fourth-order valence-corrected chi connectivity index (χ4v) is 1.72. The summed E-state index contributed by atoms with van der Waals surface area (Å²) in [4.78, 5) is 7.26. The SMILES string of the molecule is N/N=C(\C=Nc1cccc(F)c1)CNc1ccnc(C(F)(F)F)c1. The Bertz CT molecular complexity index is 756. The predicted octanol–water partition coefficient (Wildman–Crippen LogP) is 3.37. The molecule has 1 heterocycles. The maximum atomic E-state index is 13.0. The van der Waals surface area contributed by atoms with Crippen LogP contribution in [0.4, 0.5) is 28.9 Å². The number of hydrazone groups is 1. The Kier molecular flexibility index (Phi) is 5.46. The first-order chi connectivity index (χ1) is 11.4. The summed E-state index contributed by atoms with van der Waals surface area (Å²) in [6.45, 7) is 0.0383. The zero-order valence-corrected chi connectivity index (χ0v) is 12.3. The van der Waals surface area contributed by atoms with Crippen LogP contribution >= 0.6 is 0 Å². The molecule has 0 spiro atoms. The molecular formula is C15H13F4N5. The van der Waals surface area contributed by atoms with Crippen molar-refractivity contribution in [2.24, 2.45) is 15.9 Å². The van der Waals surface area contributed by atoms with E-state index in [0.717, 1.165) is 12.3 Å². The number of aromatic nitrogens is 1. The normalized spacial score (nSPS) is 12.6. The Morgan fingerprint density at radius 2 is 2.04 bits per heavy atom. The van der Waals surface area contributed by atoms with Crippen LogP contribution in [-0.2, 0) is 6.18 Å². The fourth-order valence-electron chi connectivity index (χ4n) is 1.72. The number of halogens is 4. The maximum Gasteiger partial charge on any atom is 0.433 e. The van der Waals surface area contributed by atoms with Crippen molar-refractivity contribution in [3.05, 3.63) is 54.1 Å². The zero-order chi connectivity index (χ0) is 17.6. The van der Waals surface area contributed by atoms with E-state index in [0.29, 0.717) is 5.69 Å². The molecule has 24 heavy (non-hydrogen) atoms. The van der Waals surface area contributed by atoms with Crippen LogP contribution in [-0.4, -0.2) is 23.5 Å². The molecule has 1 aromatic carbocycles. The fraction of sp³-hybridized carbons (Fsp3) is 0.133. The van der Waals surface area contributed by atoms with E-state index >= 15 is 0 Å². The van der Waals surface area contributed by atoms with Gasteiger partial charge < -0.3 is 11.2 Å². The zero-order valence-electron chi connectivity index (χ0n) is 12.3. The van der Waals surface area contributed by atoms with Crippen molar-refractivity contribution in [2.45, 2.75) is 6.18 Å². The van der Waals surface area contributed by atoms with Crippen molar-refractivity contribution >= 4 is 23.3 Å². The van der Waals surface area contributed by atoms with Gasteiger partial charge in [0.1, 0.15) is 11.5 Å². The minimum Gasteiger partial charge on any atom is -0.379 e. The van der Waals surface area contributed by atoms with Crippen LogP contribution < -0.4 is 11.2 Å². The van der Waals surface area contributed by atoms with E-state index in [2.05, 4.69) is 20.4 Å². The molecule has 0 unspecified atom stereocenters. The third-order valence-corrected chi connectivity index (χ3v) is 2.86. The molecule has 0 radical (unpaired) electrons. The lowest BCUT2D eigenvalue weighted by Crippen LogP contribution is -2.17. The molecule has 2 rings (SSSR count). The number of nitrogens with zero attached hydrogens (tertiary/aromatic N) is 3. The smallest absolute Gasteiger partial charge is 0.379 e. The van der Waals surface area contributed by atoms with E-state index in [1.165, 1.54) is 30.5 Å². The van der Waals surface area contributed by atoms with E-state index in [1.54, 1.807) is 6.07 Å². The van der Waals surface area contributed by atoms with Gasteiger partial charge in [0.05, 0.1) is 24.2 Å². The first-order valence-electron chi connectivity index (χ1n) is 6.72. The van der Waals surface area contributed by atoms with Gasteiger partial charge in [-0.15, -0.1) is 0 Å². The predicted molar refractivity (Wildman–Crippen MR) is 83.9 cm³/mol. The van der Waals surface area contributed by atoms with Gasteiger partial charge in [0.15, 0.2) is 0 Å². The van der Waals surface area contributed by atoms with Crippen LogP contribution in [0.3, 0.4) is 0 Å². The van der Waals surface area contributed by atoms with E-state index < -0.39 is 17.7 Å². The van der Waals surface area contributed by atoms with E-state index in [-0.39, 0.29) is 17.9 Å². The molecule has 9 heteroatoms. The highest BCUT2D eigenvalue weighted by Gasteiger charge is 2.32. The highest BCUT2D eigenvalue weighted by atomic mass is 19.4. The number of aliphatic imine (C=N–C) groups is 1. The van der Waals surface area contributed by atoms with Crippen LogP contribution in [0, 0.1) is 5.82 Å². The first kappa shape index (κ1) is 17.4. The standard InChI is InChI=1S/C15H13F4N5/c16-10-2-1-3-11(6-10)22-8-13(24-20)9-23-12-4-5-21-14(7-12)15(17,18)19/h1-8H,9,20H2,(H,21,23)/b22-8?,24-13+. The number of pyridine rings is 1. The van der Waals surface area contributed by atoms with Crippen molar-refractivity contribution in [1.82, 2.24) is 4.98 Å². The number of hydrogen-bond acceptors (Lipinski definition) is 5. The second kappa shape index (κ2) is 7.53. The lowest BCUT2D eigenvalue weighted by molar-refractivity contribution is -0.141. The first-order valence-corrected chi connectivity index (χ1v) is 6.72. The molecule has 0 atom stereocenters. The van der Waals surface area contributed by atoms with Crippen molar-refractivity contribution in [3.8, 4) is 0 Å². The molecule has 0 saturated heterocycles. The molecule has 3 N–H and O–H groups in total. The topological polar surface area (TPSA) is 75.7 Å². The summed E-state index contributed by atoms with van der Waals surface area (Å²) in [7, 11) is 0. The Balaban J connectivity index is 2.02. The number of alkyl halides is 3. The van der Waals surface area contributed by atoms with Gasteiger partial charge in [-0.05, 0) is 30.3 Å². The summed E-state index contributed by atoms with van der Waals surface area (Å²) in [6, 6.07) is 7.83. The van der Waals surface area contributed by atoms with Crippen LogP contribution in [0.2, 0.25) is 0 Å². The Labute approximate surface area is 134 Å². The van der Waals surface area contributed by atoms with Crippen molar-refractivity contribution in [3.63, 3.8) is 0 Å². The Morgan fingerprint density at radius 3 is 2.71 bits per heavy atom. The average molecular weight is 339 g/mol. The van der Waals surface area contributed by atoms with Gasteiger partial charge >= 0.3 is 6.18 Å². The Hall–Kier alpha value is -2.97. The number of nitrogens with two attached hydrogens (primary N) is 1. The third kappa shape index (κ3) is 5.04. The summed E-state index contributed by atoms with van der Waals surface area (Å²) in [5.74, 6) is 4.78. The van der Waals surface area contributed by atoms with Crippen LogP contribution in [0.25, 0.3) is 0 Å². The lowest BCUT2D eigenvalue weighted by Gasteiger charge is -2.09. The molecule has 0 aliphatic rings. The molecule has 5 nitrogen and oxygen atoms in total. The number of anilines is 1. The summed E-state index contributed by atoms with van der Waals surface area (Å²) >= 11 is 0. The van der Waals surface area contributed by atoms with Crippen LogP contribution in [0.1, 0.15) is 5.69 Å². The lowest BCUT2D eigenvalue weighted by atomic mass is 10.3. The van der Waals surface area contributed by atoms with Gasteiger partial charge in [-0.3, -0.25) is 9.98 Å². The second-order valence-electron chi connectivity index (χ2n) is 4.64. The highest BCUT2D eigenvalue weighted by Crippen LogP contribution is 2.28. The molecule has 1 aromatic heterocycles. The van der Waals surface area contributed by atoms with Crippen LogP contribution in [0.5, 0.6) is 0 Å². The molecule has 0 saturated carbocycles. The minimum absolute atomic E-state index is 0.0383. The van der Waals surface area contributed by atoms with Crippen molar-refractivity contribution < 1.29 is 17.6 Å². The number of hydrogen-bond donors (Lipinski definition) is 2. The van der Waals surface area contributed by atoms with Gasteiger partial charge in [-0.2, -0.15) is 18.3 Å². The van der Waals surface area contributed by atoms with E-state index in [1.807, 2.05) is 0 Å². The summed E-state index contributed by atoms with van der Waals surface area (Å²) in [5, 5.41) is 6.22. The maximum absolute atomic E-state index is 13.0. The monoisotopic (exact) mass is 339 g/mol. The molecule has 2 aromatic rings. The van der Waals surface area contributed by atoms with Crippen LogP contribution in [0.15, 0.2) is 52.7 Å². The van der Waals surface area contributed by atoms with E-state index in [9.17, 15) is 17.6 Å². The van der Waals surface area contributed by atoms with Gasteiger partial charge in [0.2, 0.25) is 0 Å². The van der Waals surface area contributed by atoms with Crippen molar-refractivity contribution in [1.29, 1.82) is 0 Å². The minimum atomic E-state index is -4.53. The highest BCUT2D eigenvalue weighted by molar-refractivity contribution is 6.32. The van der Waals surface area contributed by atoms with Gasteiger partial charge in [0, 0.05) is 11.9 Å².